The lowest BCUT2D eigenvalue weighted by molar-refractivity contribution is -0.130. The monoisotopic (exact) mass is 635 g/mol. The van der Waals surface area contributed by atoms with Crippen molar-refractivity contribution < 1.29 is 38.1 Å². The summed E-state index contributed by atoms with van der Waals surface area (Å²) in [6, 6.07) is 15.7. The van der Waals surface area contributed by atoms with Gasteiger partial charge < -0.3 is 39.2 Å². The van der Waals surface area contributed by atoms with Gasteiger partial charge in [0.15, 0.2) is 29.6 Å². The molecule has 12 heteroatoms. The summed E-state index contributed by atoms with van der Waals surface area (Å²) >= 11 is 6.49. The molecule has 236 valence electrons. The van der Waals surface area contributed by atoms with Gasteiger partial charge in [-0.2, -0.15) is 0 Å². The highest BCUT2D eigenvalue weighted by molar-refractivity contribution is 6.31. The Bertz CT molecular complexity index is 1580. The molecule has 9 rings (SSSR count). The van der Waals surface area contributed by atoms with Gasteiger partial charge in [-0.3, -0.25) is 14.4 Å². The molecule has 0 saturated carbocycles. The third kappa shape index (κ3) is 7.37. The molecule has 1 saturated heterocycles. The van der Waals surface area contributed by atoms with E-state index in [0.29, 0.717) is 65.5 Å². The summed E-state index contributed by atoms with van der Waals surface area (Å²) in [5.74, 6) is 2.03. The lowest BCUT2D eigenvalue weighted by Gasteiger charge is -2.21. The summed E-state index contributed by atoms with van der Waals surface area (Å²) < 4.78 is 28.7. The molecule has 2 atom stereocenters. The number of fused-ring (bicyclic) bond motifs is 1. The first kappa shape index (κ1) is 30.4. The SMILES string of the molecule is COc1cc2ccc1OCC(=O)NCc1ccc(cc1)O[C@H]1CN(C(=O)Cc3cc4c(cc3Cl)OCCO4)C[C@@H]1NC(=O)CC2. The summed E-state index contributed by atoms with van der Waals surface area (Å²) in [6.45, 7) is 1.57. The first-order valence-electron chi connectivity index (χ1n) is 14.8. The van der Waals surface area contributed by atoms with Crippen molar-refractivity contribution >= 4 is 29.3 Å². The van der Waals surface area contributed by atoms with Crippen LogP contribution in [0.2, 0.25) is 5.02 Å². The Morgan fingerprint density at radius 2 is 1.67 bits per heavy atom. The Morgan fingerprint density at radius 1 is 0.911 bits per heavy atom. The van der Waals surface area contributed by atoms with Crippen molar-refractivity contribution in [3.05, 3.63) is 76.3 Å². The van der Waals surface area contributed by atoms with Gasteiger partial charge in [0.1, 0.15) is 25.1 Å². The van der Waals surface area contributed by atoms with Crippen LogP contribution in [-0.4, -0.2) is 74.8 Å². The number of benzene rings is 3. The Morgan fingerprint density at radius 3 is 2.44 bits per heavy atom. The van der Waals surface area contributed by atoms with Crippen molar-refractivity contribution in [2.24, 2.45) is 0 Å². The first-order chi connectivity index (χ1) is 21.8. The number of hydrogen-bond donors (Lipinski definition) is 2. The molecule has 1 fully saturated rings. The van der Waals surface area contributed by atoms with Crippen LogP contribution < -0.4 is 34.3 Å². The van der Waals surface area contributed by atoms with Gasteiger partial charge in [0.05, 0.1) is 26.1 Å². The molecule has 4 bridgehead atoms. The molecular formula is C33H34ClN3O8. The highest BCUT2D eigenvalue weighted by Crippen LogP contribution is 2.36. The summed E-state index contributed by atoms with van der Waals surface area (Å²) in [4.78, 5) is 40.8. The van der Waals surface area contributed by atoms with Gasteiger partial charge in [-0.25, -0.2) is 0 Å². The highest BCUT2D eigenvalue weighted by atomic mass is 35.5. The van der Waals surface area contributed by atoms with Crippen molar-refractivity contribution in [1.82, 2.24) is 15.5 Å². The van der Waals surface area contributed by atoms with E-state index in [4.69, 9.17) is 35.3 Å². The summed E-state index contributed by atoms with van der Waals surface area (Å²) in [5.41, 5.74) is 2.38. The smallest absolute Gasteiger partial charge is 0.258 e. The topological polar surface area (TPSA) is 125 Å². The number of likely N-dealkylation sites (tertiary alicyclic amines) is 1. The molecule has 3 aromatic carbocycles. The molecular weight excluding hydrogens is 602 g/mol. The number of carbonyl (C=O) groups is 3. The average Bonchev–Trinajstić information content (AvgIpc) is 3.44. The van der Waals surface area contributed by atoms with Gasteiger partial charge in [0.2, 0.25) is 11.8 Å². The second-order valence-corrected chi connectivity index (χ2v) is 11.5. The number of amides is 3. The van der Waals surface area contributed by atoms with Crippen LogP contribution >= 0.6 is 11.6 Å². The Hall–Kier alpha value is -4.64. The number of ether oxygens (including phenoxy) is 5. The van der Waals surface area contributed by atoms with E-state index in [1.807, 2.05) is 18.2 Å². The number of hydrogen-bond acceptors (Lipinski definition) is 8. The quantitative estimate of drug-likeness (QED) is 0.450. The van der Waals surface area contributed by atoms with Crippen LogP contribution in [0.3, 0.4) is 0 Å². The van der Waals surface area contributed by atoms with Crippen LogP contribution in [0.5, 0.6) is 28.7 Å². The van der Waals surface area contributed by atoms with Crippen LogP contribution in [0.1, 0.15) is 23.1 Å². The minimum absolute atomic E-state index is 0.0603. The molecule has 6 aliphatic rings. The zero-order valence-corrected chi connectivity index (χ0v) is 25.6. The van der Waals surface area contributed by atoms with E-state index in [9.17, 15) is 14.4 Å². The lowest BCUT2D eigenvalue weighted by atomic mass is 10.1. The number of rotatable bonds is 3. The molecule has 2 N–H and O–H groups in total. The largest absolute Gasteiger partial charge is 0.493 e. The Balaban J connectivity index is 1.20. The fraction of sp³-hybridized carbons (Fsp3) is 0.364. The Kier molecular flexibility index (Phi) is 9.16. The van der Waals surface area contributed by atoms with E-state index in [-0.39, 0.29) is 50.3 Å². The van der Waals surface area contributed by atoms with Crippen molar-refractivity contribution in [3.63, 3.8) is 0 Å². The predicted molar refractivity (Wildman–Crippen MR) is 164 cm³/mol. The van der Waals surface area contributed by atoms with Crippen LogP contribution in [-0.2, 0) is 33.8 Å². The van der Waals surface area contributed by atoms with E-state index >= 15 is 0 Å². The maximum atomic E-state index is 13.5. The maximum Gasteiger partial charge on any atom is 0.258 e. The third-order valence-electron chi connectivity index (χ3n) is 7.95. The maximum absolute atomic E-state index is 13.5. The molecule has 0 aliphatic carbocycles. The number of nitrogens with one attached hydrogen (secondary N) is 2. The van der Waals surface area contributed by atoms with Gasteiger partial charge >= 0.3 is 0 Å². The molecule has 3 aromatic rings. The number of aryl methyl sites for hydroxylation is 1. The molecule has 11 nitrogen and oxygen atoms in total. The van der Waals surface area contributed by atoms with Gasteiger partial charge in [-0.1, -0.05) is 29.8 Å². The van der Waals surface area contributed by atoms with Crippen molar-refractivity contribution in [2.45, 2.75) is 38.0 Å². The summed E-state index contributed by atoms with van der Waals surface area (Å²) in [6.07, 6.45) is 0.240. The molecule has 0 aromatic heterocycles. The van der Waals surface area contributed by atoms with E-state index in [1.54, 1.807) is 41.3 Å². The molecule has 0 spiro atoms. The van der Waals surface area contributed by atoms with E-state index in [0.717, 1.165) is 11.1 Å². The van der Waals surface area contributed by atoms with Crippen molar-refractivity contribution in [2.75, 3.05) is 40.0 Å². The fourth-order valence-corrected chi connectivity index (χ4v) is 5.75. The number of methoxy groups -OCH3 is 1. The Labute approximate surface area is 265 Å². The predicted octanol–water partition coefficient (Wildman–Crippen LogP) is 3.08. The molecule has 3 amide bonds. The normalized spacial score (nSPS) is 19.9. The average molecular weight is 636 g/mol. The number of nitrogens with zero attached hydrogens (tertiary/aromatic N) is 1. The standard InChI is InChI=1S/C33H34ClN3O8/c1-41-27-12-20-4-8-26(27)44-19-32(39)35-16-21-2-6-23(7-3-21)45-30-18-37(17-25(30)36-31(38)9-5-20)33(40)14-22-13-28-29(15-24(22)34)43-11-10-42-28/h2-4,6-8,12-13,15,25,30H,5,9-11,14,16-19H2,1H3,(H,35,39)(H,36,38)/t25-,30-/m0/s1. The lowest BCUT2D eigenvalue weighted by Crippen LogP contribution is -2.45. The zero-order valence-electron chi connectivity index (χ0n) is 24.8. The van der Waals surface area contributed by atoms with Crippen LogP contribution in [0, 0.1) is 0 Å². The van der Waals surface area contributed by atoms with E-state index < -0.39 is 12.1 Å². The second-order valence-electron chi connectivity index (χ2n) is 11.1. The summed E-state index contributed by atoms with van der Waals surface area (Å²) in [5, 5.41) is 6.37. The van der Waals surface area contributed by atoms with Gasteiger partial charge in [0, 0.05) is 30.6 Å². The number of halogens is 1. The van der Waals surface area contributed by atoms with Gasteiger partial charge in [0.25, 0.3) is 5.91 Å². The van der Waals surface area contributed by atoms with E-state index in [2.05, 4.69) is 10.6 Å². The van der Waals surface area contributed by atoms with Crippen molar-refractivity contribution in [3.8, 4) is 28.7 Å². The van der Waals surface area contributed by atoms with Gasteiger partial charge in [-0.05, 0) is 53.4 Å². The minimum Gasteiger partial charge on any atom is -0.493 e. The van der Waals surface area contributed by atoms with Crippen LogP contribution in [0.25, 0.3) is 0 Å². The van der Waals surface area contributed by atoms with Crippen LogP contribution in [0.4, 0.5) is 0 Å². The van der Waals surface area contributed by atoms with Crippen LogP contribution in [0.15, 0.2) is 54.6 Å². The van der Waals surface area contributed by atoms with Crippen molar-refractivity contribution in [1.29, 1.82) is 0 Å². The summed E-state index contributed by atoms with van der Waals surface area (Å²) in [7, 11) is 1.52. The minimum atomic E-state index is -0.485. The molecule has 45 heavy (non-hydrogen) atoms. The number of carbonyl (C=O) groups excluding carboxylic acids is 3. The molecule has 6 heterocycles. The molecule has 6 aliphatic heterocycles. The molecule has 0 radical (unpaired) electrons. The van der Waals surface area contributed by atoms with E-state index in [1.165, 1.54) is 7.11 Å². The fourth-order valence-electron chi connectivity index (χ4n) is 5.53. The zero-order chi connectivity index (χ0) is 31.3. The third-order valence-corrected chi connectivity index (χ3v) is 8.30. The van der Waals surface area contributed by atoms with Gasteiger partial charge in [-0.15, -0.1) is 0 Å². The first-order valence-corrected chi connectivity index (χ1v) is 15.2. The highest BCUT2D eigenvalue weighted by Gasteiger charge is 2.38. The molecule has 0 unspecified atom stereocenters. The second kappa shape index (κ2) is 13.6.